The van der Waals surface area contributed by atoms with E-state index in [1.807, 2.05) is 18.2 Å². The van der Waals surface area contributed by atoms with Crippen LogP contribution < -0.4 is 10.1 Å². The van der Waals surface area contributed by atoms with Gasteiger partial charge in [0.15, 0.2) is 0 Å². The Morgan fingerprint density at radius 2 is 1.46 bits per heavy atom. The van der Waals surface area contributed by atoms with Crippen molar-refractivity contribution in [1.29, 1.82) is 0 Å². The van der Waals surface area contributed by atoms with Crippen LogP contribution in [0.25, 0.3) is 11.1 Å². The molecule has 0 heterocycles. The highest BCUT2D eigenvalue weighted by Gasteiger charge is 2.43. The lowest BCUT2D eigenvalue weighted by atomic mass is 9.68. The van der Waals surface area contributed by atoms with Crippen LogP contribution in [0.15, 0.2) is 54.6 Å². The second kappa shape index (κ2) is 12.8. The van der Waals surface area contributed by atoms with Gasteiger partial charge in [-0.2, -0.15) is 0 Å². The second-order valence-electron chi connectivity index (χ2n) is 11.6. The smallest absolute Gasteiger partial charge is 0.504 e. The highest BCUT2D eigenvalue weighted by Crippen LogP contribution is 2.54. The summed E-state index contributed by atoms with van der Waals surface area (Å²) in [4.78, 5) is 0. The average molecular weight is 524 g/mol. The van der Waals surface area contributed by atoms with Crippen molar-refractivity contribution in [3.8, 4) is 16.9 Å². The van der Waals surface area contributed by atoms with E-state index < -0.39 is 7.12 Å². The molecule has 3 aromatic carbocycles. The molecule has 1 unspecified atom stereocenters. The van der Waals surface area contributed by atoms with E-state index in [9.17, 15) is 15.1 Å². The fourth-order valence-electron chi connectivity index (χ4n) is 6.85. The van der Waals surface area contributed by atoms with Gasteiger partial charge in [0.25, 0.3) is 0 Å². The van der Waals surface area contributed by atoms with Crippen LogP contribution in [0, 0.1) is 0 Å². The molecule has 204 valence electrons. The summed E-state index contributed by atoms with van der Waals surface area (Å²) >= 11 is 0. The summed E-state index contributed by atoms with van der Waals surface area (Å²) < 4.78 is 5.52. The first-order chi connectivity index (χ1) is 19.1. The minimum atomic E-state index is -1.49. The number of fused-ring (bicyclic) bond motifs is 4. The predicted octanol–water partition coefficient (Wildman–Crippen LogP) is 5.53. The Kier molecular flexibility index (Phi) is 9.17. The van der Waals surface area contributed by atoms with Crippen molar-refractivity contribution in [1.82, 2.24) is 0 Å². The standard InChI is InChI=1S/C33H42B2O4/c1-2-3-4-8-19-33(20-9-6-5-7-10-24-11-12-25-13-14-26(25)21-24)31-22-27(35(37)38)15-17-29(31)30-18-16-28(39-34-36)23-32(30)33/h11-12,15-18,21-23,34,36-38H,2-10,13-14,19-20H2,1H3. The number of benzene rings is 3. The maximum atomic E-state index is 10.0. The first kappa shape index (κ1) is 28.0. The fourth-order valence-corrected chi connectivity index (χ4v) is 6.85. The maximum absolute atomic E-state index is 10.0. The summed E-state index contributed by atoms with van der Waals surface area (Å²) in [6.07, 6.45) is 15.1. The number of rotatable bonds is 15. The second-order valence-corrected chi connectivity index (χ2v) is 11.6. The minimum absolute atomic E-state index is 0.195. The fraction of sp³-hybridized carbons (Fsp3) is 0.455. The molecule has 0 saturated heterocycles. The molecule has 6 heteroatoms. The van der Waals surface area contributed by atoms with Gasteiger partial charge in [-0.1, -0.05) is 94.3 Å². The molecule has 4 nitrogen and oxygen atoms in total. The number of unbranched alkanes of at least 4 members (excludes halogenated alkanes) is 6. The topological polar surface area (TPSA) is 69.9 Å². The average Bonchev–Trinajstić information content (AvgIpc) is 3.19. The summed E-state index contributed by atoms with van der Waals surface area (Å²) in [7, 11) is -1.83. The van der Waals surface area contributed by atoms with Crippen LogP contribution in [-0.2, 0) is 24.7 Å². The Bertz CT molecular complexity index is 1270. The number of hydrogen-bond donors (Lipinski definition) is 3. The molecule has 39 heavy (non-hydrogen) atoms. The maximum Gasteiger partial charge on any atom is 0.504 e. The molecule has 0 amide bonds. The number of hydrogen-bond acceptors (Lipinski definition) is 4. The van der Waals surface area contributed by atoms with Gasteiger partial charge in [-0.3, -0.25) is 0 Å². The van der Waals surface area contributed by atoms with Crippen molar-refractivity contribution >= 4 is 20.3 Å². The summed E-state index contributed by atoms with van der Waals surface area (Å²) in [5.74, 6) is 0.683. The largest absolute Gasteiger partial charge is 0.539 e. The molecule has 0 bridgehead atoms. The number of aryl methyl sites for hydroxylation is 3. The zero-order valence-corrected chi connectivity index (χ0v) is 23.4. The van der Waals surface area contributed by atoms with E-state index in [2.05, 4.69) is 43.3 Å². The molecule has 3 N–H and O–H groups in total. The molecule has 3 aromatic rings. The van der Waals surface area contributed by atoms with Crippen molar-refractivity contribution in [2.75, 3.05) is 0 Å². The van der Waals surface area contributed by atoms with Crippen LogP contribution in [0.1, 0.15) is 98.9 Å². The lowest BCUT2D eigenvalue weighted by Gasteiger charge is -2.33. The monoisotopic (exact) mass is 524 g/mol. The molecule has 0 radical (unpaired) electrons. The molecule has 5 rings (SSSR count). The third kappa shape index (κ3) is 5.99. The van der Waals surface area contributed by atoms with Gasteiger partial charge in [0, 0.05) is 5.41 Å². The van der Waals surface area contributed by atoms with Crippen LogP contribution >= 0.6 is 0 Å². The third-order valence-electron chi connectivity index (χ3n) is 9.10. The van der Waals surface area contributed by atoms with Crippen LogP contribution in [-0.4, -0.2) is 29.9 Å². The summed E-state index contributed by atoms with van der Waals surface area (Å²) in [6.45, 7) is 2.24. The van der Waals surface area contributed by atoms with Gasteiger partial charge in [0.05, 0.1) is 0 Å². The Labute approximate surface area is 234 Å². The quantitative estimate of drug-likeness (QED) is 0.181. The highest BCUT2D eigenvalue weighted by molar-refractivity contribution is 6.58. The van der Waals surface area contributed by atoms with Gasteiger partial charge in [-0.25, -0.2) is 0 Å². The van der Waals surface area contributed by atoms with E-state index >= 15 is 0 Å². The molecule has 2 aliphatic rings. The van der Waals surface area contributed by atoms with Crippen molar-refractivity contribution in [2.45, 2.75) is 95.8 Å². The van der Waals surface area contributed by atoms with Gasteiger partial charge in [0.1, 0.15) is 5.75 Å². The van der Waals surface area contributed by atoms with Gasteiger partial charge in [-0.15, -0.1) is 0 Å². The molecule has 2 aliphatic carbocycles. The van der Waals surface area contributed by atoms with Gasteiger partial charge in [-0.05, 0) is 95.1 Å². The molecule has 1 atom stereocenters. The zero-order valence-electron chi connectivity index (χ0n) is 23.4. The summed E-state index contributed by atoms with van der Waals surface area (Å²) in [5, 5.41) is 29.5. The van der Waals surface area contributed by atoms with E-state index in [4.69, 9.17) is 4.65 Å². The van der Waals surface area contributed by atoms with E-state index in [1.54, 1.807) is 5.56 Å². The SMILES string of the molecule is CCCCCCC1(CCCCCCc2ccc3c(c2)CC3)c2cc(OBO)ccc2-c2ccc(B(O)O)cc21. The summed E-state index contributed by atoms with van der Waals surface area (Å²) in [6, 6.07) is 19.1. The first-order valence-electron chi connectivity index (χ1n) is 15.1. The minimum Gasteiger partial charge on any atom is -0.539 e. The Balaban J connectivity index is 1.35. The van der Waals surface area contributed by atoms with Crippen LogP contribution in [0.4, 0.5) is 0 Å². The van der Waals surface area contributed by atoms with Crippen LogP contribution in [0.2, 0.25) is 0 Å². The van der Waals surface area contributed by atoms with E-state index in [1.165, 1.54) is 84.7 Å². The first-order valence-corrected chi connectivity index (χ1v) is 15.1. The van der Waals surface area contributed by atoms with Gasteiger partial charge >= 0.3 is 14.8 Å². The van der Waals surface area contributed by atoms with E-state index in [-0.39, 0.29) is 13.1 Å². The van der Waals surface area contributed by atoms with Crippen molar-refractivity contribution in [2.24, 2.45) is 0 Å². The van der Waals surface area contributed by atoms with E-state index in [0.29, 0.717) is 11.2 Å². The van der Waals surface area contributed by atoms with Crippen LogP contribution in [0.3, 0.4) is 0 Å². The molecule has 0 fully saturated rings. The molecule has 0 aliphatic heterocycles. The van der Waals surface area contributed by atoms with E-state index in [0.717, 1.165) is 32.1 Å². The molecular formula is C33H42B2O4. The lowest BCUT2D eigenvalue weighted by Crippen LogP contribution is -2.32. The molecule has 0 spiro atoms. The highest BCUT2D eigenvalue weighted by atomic mass is 16.5. The summed E-state index contributed by atoms with van der Waals surface area (Å²) in [5.41, 5.74) is 9.76. The molecule has 0 saturated carbocycles. The van der Waals surface area contributed by atoms with Crippen molar-refractivity contribution in [3.05, 3.63) is 82.4 Å². The zero-order chi connectivity index (χ0) is 27.2. The van der Waals surface area contributed by atoms with Gasteiger partial charge < -0.3 is 19.7 Å². The Morgan fingerprint density at radius 1 is 0.769 bits per heavy atom. The van der Waals surface area contributed by atoms with Crippen molar-refractivity contribution < 1.29 is 19.7 Å². The molecular weight excluding hydrogens is 482 g/mol. The van der Waals surface area contributed by atoms with Crippen molar-refractivity contribution in [3.63, 3.8) is 0 Å². The Morgan fingerprint density at radius 3 is 2.13 bits per heavy atom. The predicted molar refractivity (Wildman–Crippen MR) is 162 cm³/mol. The third-order valence-corrected chi connectivity index (χ3v) is 9.10. The lowest BCUT2D eigenvalue weighted by molar-refractivity contribution is 0.397. The Hall–Kier alpha value is -2.53. The van der Waals surface area contributed by atoms with Gasteiger partial charge in [0.2, 0.25) is 0 Å². The normalized spacial score (nSPS) is 16.7. The molecule has 0 aromatic heterocycles. The van der Waals surface area contributed by atoms with Crippen LogP contribution in [0.5, 0.6) is 5.75 Å².